The average Bonchev–Trinajstić information content (AvgIpc) is 3.12. The zero-order chi connectivity index (χ0) is 22.7. The van der Waals surface area contributed by atoms with Gasteiger partial charge in [-0.05, 0) is 52.4 Å². The van der Waals surface area contributed by atoms with Crippen molar-refractivity contribution in [2.24, 2.45) is 0 Å². The molecule has 166 valence electrons. The maximum atomic E-state index is 12.2. The Balaban J connectivity index is 1.29. The van der Waals surface area contributed by atoms with Gasteiger partial charge in [-0.1, -0.05) is 76.1 Å². The minimum Gasteiger partial charge on any atom is -0.449 e. The monoisotopic (exact) mass is 515 g/mol. The molecule has 1 aliphatic carbocycles. The van der Waals surface area contributed by atoms with E-state index in [0.29, 0.717) is 15.1 Å². The molecule has 0 spiro atoms. The first kappa shape index (κ1) is 22.8. The number of aliphatic hydroxyl groups is 2. The van der Waals surface area contributed by atoms with E-state index in [-0.39, 0.29) is 25.5 Å². The standard InChI is InChI=1S/C25H23BrClNO4/c26-22-10-9-15(27)13-20(22)24(30)23(29)11-12-28-25(31)32-14-21-18-7-3-1-5-16(18)17-6-2-4-8-19(17)21/h1-10,13,21,23-24,29-30H,11-12,14H2,(H,28,31). The molecule has 0 bridgehead atoms. The van der Waals surface area contributed by atoms with Crippen molar-refractivity contribution in [3.05, 3.63) is 92.9 Å². The fourth-order valence-corrected chi connectivity index (χ4v) is 4.74. The number of ether oxygens (including phenoxy) is 1. The highest BCUT2D eigenvalue weighted by Crippen LogP contribution is 2.44. The molecule has 4 rings (SSSR count). The van der Waals surface area contributed by atoms with Crippen molar-refractivity contribution < 1.29 is 19.7 Å². The number of amides is 1. The van der Waals surface area contributed by atoms with E-state index < -0.39 is 18.3 Å². The molecule has 1 aliphatic rings. The Morgan fingerprint density at radius 3 is 2.31 bits per heavy atom. The molecule has 3 N–H and O–H groups in total. The molecule has 2 atom stereocenters. The van der Waals surface area contributed by atoms with Crippen LogP contribution in [0.25, 0.3) is 11.1 Å². The summed E-state index contributed by atoms with van der Waals surface area (Å²) in [6, 6.07) is 21.3. The predicted molar refractivity (Wildman–Crippen MR) is 128 cm³/mol. The van der Waals surface area contributed by atoms with Crippen molar-refractivity contribution in [3.63, 3.8) is 0 Å². The first-order valence-electron chi connectivity index (χ1n) is 10.4. The van der Waals surface area contributed by atoms with Crippen molar-refractivity contribution in [1.29, 1.82) is 0 Å². The van der Waals surface area contributed by atoms with Gasteiger partial charge in [0.15, 0.2) is 0 Å². The summed E-state index contributed by atoms with van der Waals surface area (Å²) < 4.78 is 6.13. The molecule has 5 nitrogen and oxygen atoms in total. The van der Waals surface area contributed by atoms with Crippen molar-refractivity contribution >= 4 is 33.6 Å². The van der Waals surface area contributed by atoms with Gasteiger partial charge in [-0.3, -0.25) is 0 Å². The van der Waals surface area contributed by atoms with Crippen LogP contribution in [0.2, 0.25) is 5.02 Å². The molecule has 0 heterocycles. The summed E-state index contributed by atoms with van der Waals surface area (Å²) in [6.45, 7) is 0.383. The van der Waals surface area contributed by atoms with Crippen LogP contribution >= 0.6 is 27.5 Å². The van der Waals surface area contributed by atoms with Crippen LogP contribution in [0.4, 0.5) is 4.79 Å². The maximum absolute atomic E-state index is 12.2. The van der Waals surface area contributed by atoms with Crippen LogP contribution < -0.4 is 5.32 Å². The molecule has 0 fully saturated rings. The second-order valence-corrected chi connectivity index (χ2v) is 9.01. The number of fused-ring (bicyclic) bond motifs is 3. The van der Waals surface area contributed by atoms with E-state index in [1.807, 2.05) is 24.3 Å². The summed E-state index contributed by atoms with van der Waals surface area (Å²) in [4.78, 5) is 12.2. The van der Waals surface area contributed by atoms with Gasteiger partial charge in [0, 0.05) is 22.0 Å². The zero-order valence-corrected chi connectivity index (χ0v) is 19.5. The fraction of sp³-hybridized carbons (Fsp3) is 0.240. The lowest BCUT2D eigenvalue weighted by Gasteiger charge is -2.20. The Bertz CT molecular complexity index is 1080. The van der Waals surface area contributed by atoms with Gasteiger partial charge in [-0.15, -0.1) is 0 Å². The van der Waals surface area contributed by atoms with Crippen LogP contribution in [0, 0.1) is 0 Å². The lowest BCUT2D eigenvalue weighted by Crippen LogP contribution is -2.30. The number of carbonyl (C=O) groups excluding carboxylic acids is 1. The zero-order valence-electron chi connectivity index (χ0n) is 17.2. The number of benzene rings is 3. The first-order valence-corrected chi connectivity index (χ1v) is 11.5. The summed E-state index contributed by atoms with van der Waals surface area (Å²) in [5, 5.41) is 23.8. The molecule has 0 aromatic heterocycles. The second kappa shape index (κ2) is 10.0. The number of hydrogen-bond donors (Lipinski definition) is 3. The highest BCUT2D eigenvalue weighted by atomic mass is 79.9. The molecule has 32 heavy (non-hydrogen) atoms. The van der Waals surface area contributed by atoms with E-state index in [2.05, 4.69) is 45.5 Å². The van der Waals surface area contributed by atoms with E-state index >= 15 is 0 Å². The third-order valence-electron chi connectivity index (χ3n) is 5.69. The van der Waals surface area contributed by atoms with Crippen molar-refractivity contribution in [3.8, 4) is 11.1 Å². The van der Waals surface area contributed by atoms with E-state index in [1.165, 1.54) is 11.1 Å². The molecular weight excluding hydrogens is 494 g/mol. The number of alkyl carbamates (subject to hydrolysis) is 1. The summed E-state index contributed by atoms with van der Waals surface area (Å²) >= 11 is 9.32. The molecule has 0 aliphatic heterocycles. The van der Waals surface area contributed by atoms with Gasteiger partial charge in [0.25, 0.3) is 0 Å². The van der Waals surface area contributed by atoms with Crippen LogP contribution in [0.15, 0.2) is 71.2 Å². The van der Waals surface area contributed by atoms with E-state index in [9.17, 15) is 15.0 Å². The van der Waals surface area contributed by atoms with Gasteiger partial charge in [-0.2, -0.15) is 0 Å². The van der Waals surface area contributed by atoms with Crippen molar-refractivity contribution in [1.82, 2.24) is 5.32 Å². The third kappa shape index (κ3) is 4.84. The van der Waals surface area contributed by atoms with Crippen molar-refractivity contribution in [2.45, 2.75) is 24.5 Å². The fourth-order valence-electron chi connectivity index (χ4n) is 4.08. The Morgan fingerprint density at radius 2 is 1.66 bits per heavy atom. The smallest absolute Gasteiger partial charge is 0.407 e. The summed E-state index contributed by atoms with van der Waals surface area (Å²) in [5.74, 6) is -0.0132. The van der Waals surface area contributed by atoms with Crippen LogP contribution in [-0.4, -0.2) is 35.6 Å². The van der Waals surface area contributed by atoms with Gasteiger partial charge < -0.3 is 20.3 Å². The highest BCUT2D eigenvalue weighted by molar-refractivity contribution is 9.10. The molecular formula is C25H23BrClNO4. The average molecular weight is 517 g/mol. The van der Waals surface area contributed by atoms with Gasteiger partial charge in [0.1, 0.15) is 12.7 Å². The normalized spacial score (nSPS) is 14.4. The topological polar surface area (TPSA) is 78.8 Å². The Labute approximate surface area is 200 Å². The van der Waals surface area contributed by atoms with Crippen LogP contribution in [0.5, 0.6) is 0 Å². The van der Waals surface area contributed by atoms with E-state index in [4.69, 9.17) is 16.3 Å². The first-order chi connectivity index (χ1) is 15.5. The summed E-state index contributed by atoms with van der Waals surface area (Å²) in [6.07, 6.45) is -2.60. The maximum Gasteiger partial charge on any atom is 0.407 e. The molecule has 2 unspecified atom stereocenters. The number of carbonyl (C=O) groups is 1. The lowest BCUT2D eigenvalue weighted by molar-refractivity contribution is 0.0132. The van der Waals surface area contributed by atoms with E-state index in [1.54, 1.807) is 18.2 Å². The highest BCUT2D eigenvalue weighted by Gasteiger charge is 2.29. The van der Waals surface area contributed by atoms with Gasteiger partial charge in [0.2, 0.25) is 0 Å². The summed E-state index contributed by atoms with van der Waals surface area (Å²) in [5.41, 5.74) is 5.12. The minimum atomic E-state index is -1.13. The molecule has 3 aromatic carbocycles. The number of halogens is 2. The Morgan fingerprint density at radius 1 is 1.03 bits per heavy atom. The van der Waals surface area contributed by atoms with Crippen LogP contribution in [0.1, 0.15) is 35.1 Å². The van der Waals surface area contributed by atoms with Crippen molar-refractivity contribution in [2.75, 3.05) is 13.2 Å². The van der Waals surface area contributed by atoms with Crippen LogP contribution in [0.3, 0.4) is 0 Å². The molecule has 0 radical (unpaired) electrons. The Kier molecular flexibility index (Phi) is 7.16. The number of hydrogen-bond acceptors (Lipinski definition) is 4. The predicted octanol–water partition coefficient (Wildman–Crippen LogP) is 5.43. The number of aliphatic hydroxyl groups excluding tert-OH is 2. The van der Waals surface area contributed by atoms with Gasteiger partial charge >= 0.3 is 6.09 Å². The SMILES string of the molecule is O=C(NCCC(O)C(O)c1cc(Cl)ccc1Br)OCC1c2ccccc2-c2ccccc21. The summed E-state index contributed by atoms with van der Waals surface area (Å²) in [7, 11) is 0. The minimum absolute atomic E-state index is 0.0132. The lowest BCUT2D eigenvalue weighted by atomic mass is 9.98. The molecule has 7 heteroatoms. The number of nitrogens with one attached hydrogen (secondary N) is 1. The van der Waals surface area contributed by atoms with Gasteiger partial charge in [-0.25, -0.2) is 4.79 Å². The van der Waals surface area contributed by atoms with Gasteiger partial charge in [0.05, 0.1) is 6.10 Å². The van der Waals surface area contributed by atoms with E-state index in [0.717, 1.165) is 11.1 Å². The Hall–Kier alpha value is -2.38. The quantitative estimate of drug-likeness (QED) is 0.391. The molecule has 3 aromatic rings. The van der Waals surface area contributed by atoms with Crippen LogP contribution in [-0.2, 0) is 4.74 Å². The molecule has 0 saturated heterocycles. The third-order valence-corrected chi connectivity index (χ3v) is 6.65. The second-order valence-electron chi connectivity index (χ2n) is 7.72. The molecule has 0 saturated carbocycles. The number of rotatable bonds is 7. The largest absolute Gasteiger partial charge is 0.449 e. The molecule has 1 amide bonds.